The van der Waals surface area contributed by atoms with Crippen LogP contribution in [0.5, 0.6) is 5.75 Å². The molecule has 4 nitrogen and oxygen atoms in total. The van der Waals surface area contributed by atoms with Gasteiger partial charge in [0.2, 0.25) is 0 Å². The monoisotopic (exact) mass is 277 g/mol. The maximum Gasteiger partial charge on any atom is 0.253 e. The SMILES string of the molecule is Cc1ccc(C(=O)N(C)CC2CCCCC2O)cc1O. The van der Waals surface area contributed by atoms with Crippen LogP contribution in [0, 0.1) is 12.8 Å². The van der Waals surface area contributed by atoms with Crippen molar-refractivity contribution in [3.63, 3.8) is 0 Å². The predicted molar refractivity (Wildman–Crippen MR) is 77.8 cm³/mol. The second kappa shape index (κ2) is 6.27. The van der Waals surface area contributed by atoms with Gasteiger partial charge in [0, 0.05) is 25.1 Å². The number of carbonyl (C=O) groups is 1. The molecule has 2 unspecified atom stereocenters. The van der Waals surface area contributed by atoms with Crippen LogP contribution in [-0.2, 0) is 0 Å². The number of phenolic OH excluding ortho intramolecular Hbond substituents is 1. The molecule has 110 valence electrons. The summed E-state index contributed by atoms with van der Waals surface area (Å²) in [5.41, 5.74) is 1.24. The van der Waals surface area contributed by atoms with Gasteiger partial charge in [-0.15, -0.1) is 0 Å². The lowest BCUT2D eigenvalue weighted by Gasteiger charge is -2.31. The molecule has 0 radical (unpaired) electrons. The molecule has 0 aromatic heterocycles. The van der Waals surface area contributed by atoms with Crippen molar-refractivity contribution in [1.82, 2.24) is 4.90 Å². The third kappa shape index (κ3) is 3.31. The number of aryl methyl sites for hydroxylation is 1. The highest BCUT2D eigenvalue weighted by Crippen LogP contribution is 2.25. The minimum absolute atomic E-state index is 0.113. The lowest BCUT2D eigenvalue weighted by atomic mass is 9.86. The van der Waals surface area contributed by atoms with Crippen molar-refractivity contribution in [2.45, 2.75) is 38.7 Å². The van der Waals surface area contributed by atoms with Crippen molar-refractivity contribution in [3.05, 3.63) is 29.3 Å². The Kier molecular flexibility index (Phi) is 4.65. The second-order valence-corrected chi connectivity index (χ2v) is 5.80. The lowest BCUT2D eigenvalue weighted by molar-refractivity contribution is 0.0451. The van der Waals surface area contributed by atoms with E-state index in [1.54, 1.807) is 31.0 Å². The molecule has 2 rings (SSSR count). The van der Waals surface area contributed by atoms with Crippen LogP contribution in [0.25, 0.3) is 0 Å². The molecule has 1 aromatic carbocycles. The molecule has 1 saturated carbocycles. The summed E-state index contributed by atoms with van der Waals surface area (Å²) in [5.74, 6) is 0.191. The van der Waals surface area contributed by atoms with Gasteiger partial charge in [-0.2, -0.15) is 0 Å². The third-order valence-corrected chi connectivity index (χ3v) is 4.18. The van der Waals surface area contributed by atoms with Crippen molar-refractivity contribution in [3.8, 4) is 5.75 Å². The lowest BCUT2D eigenvalue weighted by Crippen LogP contribution is -2.38. The zero-order valence-electron chi connectivity index (χ0n) is 12.2. The van der Waals surface area contributed by atoms with Gasteiger partial charge >= 0.3 is 0 Å². The van der Waals surface area contributed by atoms with Gasteiger partial charge in [-0.05, 0) is 37.5 Å². The Morgan fingerprint density at radius 2 is 2.05 bits per heavy atom. The zero-order valence-corrected chi connectivity index (χ0v) is 12.2. The molecule has 20 heavy (non-hydrogen) atoms. The number of rotatable bonds is 3. The normalized spacial score (nSPS) is 22.6. The van der Waals surface area contributed by atoms with Gasteiger partial charge in [-0.1, -0.05) is 18.9 Å². The molecule has 2 atom stereocenters. The number of aliphatic hydroxyl groups is 1. The first-order valence-electron chi connectivity index (χ1n) is 7.22. The molecule has 0 saturated heterocycles. The van der Waals surface area contributed by atoms with Gasteiger partial charge in [0.15, 0.2) is 0 Å². The number of benzene rings is 1. The van der Waals surface area contributed by atoms with Crippen LogP contribution in [0.15, 0.2) is 18.2 Å². The predicted octanol–water partition coefficient (Wildman–Crippen LogP) is 2.32. The minimum atomic E-state index is -0.301. The summed E-state index contributed by atoms with van der Waals surface area (Å²) in [5, 5.41) is 19.7. The number of carbonyl (C=O) groups excluding carboxylic acids is 1. The first kappa shape index (κ1) is 14.9. The average molecular weight is 277 g/mol. The van der Waals surface area contributed by atoms with E-state index < -0.39 is 0 Å². The van der Waals surface area contributed by atoms with Crippen molar-refractivity contribution in [1.29, 1.82) is 0 Å². The Bertz CT molecular complexity index is 487. The molecule has 1 aliphatic carbocycles. The van der Waals surface area contributed by atoms with Gasteiger partial charge in [0.05, 0.1) is 6.10 Å². The van der Waals surface area contributed by atoms with Crippen molar-refractivity contribution in [2.75, 3.05) is 13.6 Å². The van der Waals surface area contributed by atoms with E-state index >= 15 is 0 Å². The highest BCUT2D eigenvalue weighted by molar-refractivity contribution is 5.94. The van der Waals surface area contributed by atoms with Crippen LogP contribution in [0.2, 0.25) is 0 Å². The van der Waals surface area contributed by atoms with Crippen LogP contribution in [0.1, 0.15) is 41.6 Å². The molecule has 1 amide bonds. The van der Waals surface area contributed by atoms with E-state index in [4.69, 9.17) is 0 Å². The molecule has 4 heteroatoms. The molecule has 1 aliphatic rings. The fourth-order valence-corrected chi connectivity index (χ4v) is 2.80. The van der Waals surface area contributed by atoms with Crippen molar-refractivity contribution < 1.29 is 15.0 Å². The first-order valence-corrected chi connectivity index (χ1v) is 7.22. The Balaban J connectivity index is 2.02. The summed E-state index contributed by atoms with van der Waals surface area (Å²) in [6.07, 6.45) is 3.69. The summed E-state index contributed by atoms with van der Waals surface area (Å²) in [7, 11) is 1.75. The molecule has 0 heterocycles. The van der Waals surface area contributed by atoms with E-state index in [2.05, 4.69) is 0 Å². The van der Waals surface area contributed by atoms with E-state index in [0.717, 1.165) is 31.2 Å². The van der Waals surface area contributed by atoms with Gasteiger partial charge in [-0.3, -0.25) is 4.79 Å². The molecular weight excluding hydrogens is 254 g/mol. The fourth-order valence-electron chi connectivity index (χ4n) is 2.80. The summed E-state index contributed by atoms with van der Waals surface area (Å²) in [6, 6.07) is 4.97. The highest BCUT2D eigenvalue weighted by atomic mass is 16.3. The van der Waals surface area contributed by atoms with Crippen LogP contribution in [0.4, 0.5) is 0 Å². The minimum Gasteiger partial charge on any atom is -0.508 e. The number of phenols is 1. The Morgan fingerprint density at radius 3 is 2.70 bits per heavy atom. The zero-order chi connectivity index (χ0) is 14.7. The van der Waals surface area contributed by atoms with Crippen molar-refractivity contribution in [2.24, 2.45) is 5.92 Å². The molecule has 1 fully saturated rings. The number of nitrogens with zero attached hydrogens (tertiary/aromatic N) is 1. The van der Waals surface area contributed by atoms with Gasteiger partial charge in [-0.25, -0.2) is 0 Å². The van der Waals surface area contributed by atoms with E-state index in [-0.39, 0.29) is 23.7 Å². The molecule has 2 N–H and O–H groups in total. The maximum absolute atomic E-state index is 12.3. The Morgan fingerprint density at radius 1 is 1.35 bits per heavy atom. The van der Waals surface area contributed by atoms with Crippen LogP contribution in [-0.4, -0.2) is 40.7 Å². The van der Waals surface area contributed by atoms with Gasteiger partial charge in [0.25, 0.3) is 5.91 Å². The number of amides is 1. The van der Waals surface area contributed by atoms with E-state index in [1.807, 2.05) is 0 Å². The third-order valence-electron chi connectivity index (χ3n) is 4.18. The van der Waals surface area contributed by atoms with Crippen LogP contribution >= 0.6 is 0 Å². The average Bonchev–Trinajstić information content (AvgIpc) is 2.43. The molecular formula is C16H23NO3. The number of hydrogen-bond acceptors (Lipinski definition) is 3. The molecule has 0 bridgehead atoms. The largest absolute Gasteiger partial charge is 0.508 e. The summed E-state index contributed by atoms with van der Waals surface area (Å²) in [4.78, 5) is 14.0. The van der Waals surface area contributed by atoms with E-state index in [9.17, 15) is 15.0 Å². The number of aliphatic hydroxyl groups excluding tert-OH is 1. The summed E-state index contributed by atoms with van der Waals surface area (Å²) < 4.78 is 0. The van der Waals surface area contributed by atoms with Gasteiger partial charge in [0.1, 0.15) is 5.75 Å². The Hall–Kier alpha value is -1.55. The van der Waals surface area contributed by atoms with Crippen LogP contribution in [0.3, 0.4) is 0 Å². The molecule has 1 aromatic rings. The maximum atomic E-state index is 12.3. The second-order valence-electron chi connectivity index (χ2n) is 5.80. The van der Waals surface area contributed by atoms with Crippen LogP contribution < -0.4 is 0 Å². The number of hydrogen-bond donors (Lipinski definition) is 2. The number of aromatic hydroxyl groups is 1. The van der Waals surface area contributed by atoms with Crippen molar-refractivity contribution >= 4 is 5.91 Å². The highest BCUT2D eigenvalue weighted by Gasteiger charge is 2.26. The molecule has 0 spiro atoms. The summed E-state index contributed by atoms with van der Waals surface area (Å²) in [6.45, 7) is 2.36. The van der Waals surface area contributed by atoms with Gasteiger partial charge < -0.3 is 15.1 Å². The smallest absolute Gasteiger partial charge is 0.253 e. The standard InChI is InChI=1S/C16H23NO3/c1-11-7-8-12(9-15(11)19)16(20)17(2)10-13-5-3-4-6-14(13)18/h7-9,13-14,18-19H,3-6,10H2,1-2H3. The quantitative estimate of drug-likeness (QED) is 0.891. The molecule has 0 aliphatic heterocycles. The fraction of sp³-hybridized carbons (Fsp3) is 0.562. The first-order chi connectivity index (χ1) is 9.49. The Labute approximate surface area is 120 Å². The summed E-state index contributed by atoms with van der Waals surface area (Å²) >= 11 is 0. The van der Waals surface area contributed by atoms with E-state index in [1.165, 1.54) is 6.07 Å². The topological polar surface area (TPSA) is 60.8 Å². The van der Waals surface area contributed by atoms with E-state index in [0.29, 0.717) is 12.1 Å².